The Kier molecular flexibility index (Phi) is 5.46. The molecule has 118 valence electrons. The molecule has 22 heavy (non-hydrogen) atoms. The largest absolute Gasteiger partial charge is 0.326 e. The zero-order valence-electron chi connectivity index (χ0n) is 12.3. The molecule has 2 aromatic rings. The Morgan fingerprint density at radius 1 is 1.50 bits per heavy atom. The molecule has 2 N–H and O–H groups in total. The van der Waals surface area contributed by atoms with Gasteiger partial charge in [-0.3, -0.25) is 4.79 Å². The van der Waals surface area contributed by atoms with Crippen molar-refractivity contribution in [3.8, 4) is 11.4 Å². The van der Waals surface area contributed by atoms with Gasteiger partial charge in [0, 0.05) is 30.8 Å². The summed E-state index contributed by atoms with van der Waals surface area (Å²) < 4.78 is 1.60. The number of nitrogens with zero attached hydrogens (tertiary/aromatic N) is 4. The van der Waals surface area contributed by atoms with Gasteiger partial charge in [0.05, 0.1) is 0 Å². The molecule has 2 heterocycles. The van der Waals surface area contributed by atoms with Gasteiger partial charge >= 0.3 is 0 Å². The van der Waals surface area contributed by atoms with Crippen LogP contribution < -0.4 is 10.6 Å². The van der Waals surface area contributed by atoms with Crippen molar-refractivity contribution in [3.05, 3.63) is 24.3 Å². The molecule has 0 aliphatic carbocycles. The van der Waals surface area contributed by atoms with Crippen molar-refractivity contribution in [1.82, 2.24) is 25.5 Å². The lowest BCUT2D eigenvalue weighted by Gasteiger charge is -2.11. The first kappa shape index (κ1) is 16.4. The van der Waals surface area contributed by atoms with Gasteiger partial charge in [-0.25, -0.2) is 4.68 Å². The van der Waals surface area contributed by atoms with Crippen LogP contribution in [-0.4, -0.2) is 38.7 Å². The summed E-state index contributed by atoms with van der Waals surface area (Å²) in [4.78, 5) is 12.0. The maximum absolute atomic E-state index is 12.0. The highest BCUT2D eigenvalue weighted by Gasteiger charge is 2.17. The van der Waals surface area contributed by atoms with Crippen LogP contribution in [0.4, 0.5) is 5.69 Å². The summed E-state index contributed by atoms with van der Waals surface area (Å²) in [5, 5.41) is 17.7. The van der Waals surface area contributed by atoms with E-state index in [2.05, 4.69) is 26.2 Å². The minimum atomic E-state index is 0. The molecule has 0 saturated carbocycles. The minimum absolute atomic E-state index is 0. The molecule has 1 aliphatic rings. The SMILES string of the molecule is Cl.Cn1nnnc1-c1cccc(NC(=O)CC2CCCN2)c1. The predicted octanol–water partition coefficient (Wildman–Crippen LogP) is 1.38. The fourth-order valence-corrected chi connectivity index (χ4v) is 2.58. The van der Waals surface area contributed by atoms with E-state index in [-0.39, 0.29) is 18.3 Å². The van der Waals surface area contributed by atoms with Gasteiger partial charge in [-0.1, -0.05) is 12.1 Å². The molecule has 0 bridgehead atoms. The zero-order chi connectivity index (χ0) is 14.7. The Morgan fingerprint density at radius 3 is 3.05 bits per heavy atom. The van der Waals surface area contributed by atoms with Crippen LogP contribution in [0.3, 0.4) is 0 Å². The standard InChI is InChI=1S/C14H18N6O.ClH/c1-20-14(17-18-19-20)10-4-2-5-12(8-10)16-13(21)9-11-6-3-7-15-11;/h2,4-5,8,11,15H,3,6-7,9H2,1H3,(H,16,21);1H. The zero-order valence-corrected chi connectivity index (χ0v) is 13.1. The fourth-order valence-electron chi connectivity index (χ4n) is 2.58. The molecular formula is C14H19ClN6O. The number of carbonyl (C=O) groups excluding carboxylic acids is 1. The third kappa shape index (κ3) is 3.80. The number of anilines is 1. The summed E-state index contributed by atoms with van der Waals surface area (Å²) in [6.45, 7) is 1.01. The molecular weight excluding hydrogens is 304 g/mol. The third-order valence-corrected chi connectivity index (χ3v) is 3.62. The number of aromatic nitrogens is 4. The van der Waals surface area contributed by atoms with E-state index in [0.717, 1.165) is 30.6 Å². The van der Waals surface area contributed by atoms with E-state index in [1.54, 1.807) is 11.7 Å². The molecule has 0 radical (unpaired) electrons. The smallest absolute Gasteiger partial charge is 0.225 e. The Hall–Kier alpha value is -1.99. The monoisotopic (exact) mass is 322 g/mol. The number of tetrazole rings is 1. The summed E-state index contributed by atoms with van der Waals surface area (Å²) in [6, 6.07) is 7.85. The van der Waals surface area contributed by atoms with Crippen LogP contribution in [0, 0.1) is 0 Å². The molecule has 1 unspecified atom stereocenters. The number of aryl methyl sites for hydroxylation is 1. The quantitative estimate of drug-likeness (QED) is 0.888. The second kappa shape index (κ2) is 7.33. The molecule has 7 nitrogen and oxygen atoms in total. The average Bonchev–Trinajstić information content (AvgIpc) is 3.10. The Morgan fingerprint density at radius 2 is 2.36 bits per heavy atom. The summed E-state index contributed by atoms with van der Waals surface area (Å²) in [7, 11) is 1.78. The summed E-state index contributed by atoms with van der Waals surface area (Å²) in [5.74, 6) is 0.700. The lowest BCUT2D eigenvalue weighted by Crippen LogP contribution is -2.27. The van der Waals surface area contributed by atoms with Crippen molar-refractivity contribution >= 4 is 24.0 Å². The second-order valence-electron chi connectivity index (χ2n) is 5.25. The van der Waals surface area contributed by atoms with Crippen LogP contribution >= 0.6 is 12.4 Å². The van der Waals surface area contributed by atoms with E-state index in [1.807, 2.05) is 24.3 Å². The van der Waals surface area contributed by atoms with Gasteiger partial charge in [0.15, 0.2) is 5.82 Å². The first-order valence-corrected chi connectivity index (χ1v) is 7.08. The van der Waals surface area contributed by atoms with Crippen LogP contribution in [-0.2, 0) is 11.8 Å². The van der Waals surface area contributed by atoms with Crippen LogP contribution in [0.1, 0.15) is 19.3 Å². The number of rotatable bonds is 4. The van der Waals surface area contributed by atoms with E-state index in [1.165, 1.54) is 0 Å². The average molecular weight is 323 g/mol. The predicted molar refractivity (Wildman–Crippen MR) is 85.8 cm³/mol. The molecule has 1 fully saturated rings. The Labute approximate surface area is 134 Å². The molecule has 1 atom stereocenters. The maximum atomic E-state index is 12.0. The van der Waals surface area contributed by atoms with Gasteiger partial charge in [-0.2, -0.15) is 0 Å². The van der Waals surface area contributed by atoms with E-state index >= 15 is 0 Å². The molecule has 8 heteroatoms. The number of benzene rings is 1. The van der Waals surface area contributed by atoms with Crippen molar-refractivity contribution in [2.75, 3.05) is 11.9 Å². The minimum Gasteiger partial charge on any atom is -0.326 e. The van der Waals surface area contributed by atoms with E-state index in [9.17, 15) is 4.79 Å². The Balaban J connectivity index is 0.00000176. The van der Waals surface area contributed by atoms with Crippen LogP contribution in [0.5, 0.6) is 0 Å². The number of hydrogen-bond acceptors (Lipinski definition) is 5. The van der Waals surface area contributed by atoms with Gasteiger partial charge in [0.2, 0.25) is 5.91 Å². The van der Waals surface area contributed by atoms with E-state index in [0.29, 0.717) is 18.3 Å². The van der Waals surface area contributed by atoms with Gasteiger partial charge in [0.25, 0.3) is 0 Å². The third-order valence-electron chi connectivity index (χ3n) is 3.62. The summed E-state index contributed by atoms with van der Waals surface area (Å²) in [5.41, 5.74) is 1.64. The van der Waals surface area contributed by atoms with Gasteiger partial charge in [-0.15, -0.1) is 17.5 Å². The number of hydrogen-bond donors (Lipinski definition) is 2. The van der Waals surface area contributed by atoms with Gasteiger partial charge in [-0.05, 0) is 41.9 Å². The van der Waals surface area contributed by atoms with Crippen molar-refractivity contribution in [2.45, 2.75) is 25.3 Å². The number of amides is 1. The van der Waals surface area contributed by atoms with Crippen LogP contribution in [0.25, 0.3) is 11.4 Å². The Bertz CT molecular complexity index is 638. The number of carbonyl (C=O) groups is 1. The molecule has 1 amide bonds. The van der Waals surface area contributed by atoms with Crippen LogP contribution in [0.15, 0.2) is 24.3 Å². The topological polar surface area (TPSA) is 84.7 Å². The number of nitrogens with one attached hydrogen (secondary N) is 2. The van der Waals surface area contributed by atoms with E-state index in [4.69, 9.17) is 0 Å². The van der Waals surface area contributed by atoms with Crippen molar-refractivity contribution in [2.24, 2.45) is 7.05 Å². The van der Waals surface area contributed by atoms with E-state index < -0.39 is 0 Å². The van der Waals surface area contributed by atoms with Gasteiger partial charge < -0.3 is 10.6 Å². The molecule has 3 rings (SSSR count). The fraction of sp³-hybridized carbons (Fsp3) is 0.429. The van der Waals surface area contributed by atoms with Crippen molar-refractivity contribution in [1.29, 1.82) is 0 Å². The summed E-state index contributed by atoms with van der Waals surface area (Å²) >= 11 is 0. The highest BCUT2D eigenvalue weighted by Crippen LogP contribution is 2.20. The highest BCUT2D eigenvalue weighted by molar-refractivity contribution is 5.91. The van der Waals surface area contributed by atoms with Gasteiger partial charge in [0.1, 0.15) is 0 Å². The molecule has 1 saturated heterocycles. The molecule has 1 aromatic heterocycles. The van der Waals surface area contributed by atoms with Crippen molar-refractivity contribution < 1.29 is 4.79 Å². The summed E-state index contributed by atoms with van der Waals surface area (Å²) in [6.07, 6.45) is 2.72. The van der Waals surface area contributed by atoms with Crippen molar-refractivity contribution in [3.63, 3.8) is 0 Å². The lowest BCUT2D eigenvalue weighted by molar-refractivity contribution is -0.116. The molecule has 1 aromatic carbocycles. The molecule has 0 spiro atoms. The first-order chi connectivity index (χ1) is 10.2. The maximum Gasteiger partial charge on any atom is 0.225 e. The molecule has 1 aliphatic heterocycles. The highest BCUT2D eigenvalue weighted by atomic mass is 35.5. The normalized spacial score (nSPS) is 17.0. The van der Waals surface area contributed by atoms with Crippen LogP contribution in [0.2, 0.25) is 0 Å². The first-order valence-electron chi connectivity index (χ1n) is 7.08. The lowest BCUT2D eigenvalue weighted by atomic mass is 10.1. The second-order valence-corrected chi connectivity index (χ2v) is 5.25. The number of halogens is 1.